The summed E-state index contributed by atoms with van der Waals surface area (Å²) in [5, 5.41) is 0. The van der Waals surface area contributed by atoms with Crippen LogP contribution in [0.25, 0.3) is 0 Å². The van der Waals surface area contributed by atoms with E-state index in [1.807, 2.05) is 26.8 Å². The quantitative estimate of drug-likeness (QED) is 0.621. The molecule has 0 aliphatic carbocycles. The first kappa shape index (κ1) is 14.8. The van der Waals surface area contributed by atoms with Crippen LogP contribution in [0.1, 0.15) is 37.6 Å². The summed E-state index contributed by atoms with van der Waals surface area (Å²) < 4.78 is 6.08. The van der Waals surface area contributed by atoms with Gasteiger partial charge in [-0.2, -0.15) is 0 Å². The van der Waals surface area contributed by atoms with E-state index in [2.05, 4.69) is 27.8 Å². The maximum atomic E-state index is 12.0. The summed E-state index contributed by atoms with van der Waals surface area (Å²) in [4.78, 5) is 12.0. The van der Waals surface area contributed by atoms with Crippen molar-refractivity contribution < 1.29 is 9.53 Å². The van der Waals surface area contributed by atoms with Crippen LogP contribution in [0.5, 0.6) is 5.75 Å². The van der Waals surface area contributed by atoms with Gasteiger partial charge in [0, 0.05) is 9.89 Å². The van der Waals surface area contributed by atoms with Crippen molar-refractivity contribution >= 4 is 21.7 Å². The van der Waals surface area contributed by atoms with Crippen LogP contribution >= 0.6 is 15.9 Å². The average molecular weight is 309 g/mol. The van der Waals surface area contributed by atoms with Crippen molar-refractivity contribution in [1.29, 1.82) is 0 Å². The molecular weight excluding hydrogens is 292 g/mol. The third kappa shape index (κ3) is 4.54. The molecule has 0 saturated heterocycles. The summed E-state index contributed by atoms with van der Waals surface area (Å²) in [6.07, 6.45) is 0.218. The molecule has 0 heterocycles. The topological polar surface area (TPSA) is 26.3 Å². The second-order valence-electron chi connectivity index (χ2n) is 5.00. The lowest BCUT2D eigenvalue weighted by Crippen LogP contribution is -2.03. The van der Waals surface area contributed by atoms with Gasteiger partial charge in [-0.25, -0.2) is 0 Å². The summed E-state index contributed by atoms with van der Waals surface area (Å²) in [5.41, 5.74) is 0.494. The van der Waals surface area contributed by atoms with Gasteiger partial charge in [0.05, 0.1) is 19.1 Å². The second-order valence-corrected chi connectivity index (χ2v) is 5.91. The van der Waals surface area contributed by atoms with Crippen LogP contribution in [0.15, 0.2) is 22.7 Å². The van der Waals surface area contributed by atoms with Crippen molar-refractivity contribution in [3.63, 3.8) is 0 Å². The van der Waals surface area contributed by atoms with Gasteiger partial charge in [-0.05, 0) is 39.0 Å². The van der Waals surface area contributed by atoms with E-state index in [0.717, 1.165) is 4.47 Å². The highest BCUT2D eigenvalue weighted by molar-refractivity contribution is 9.10. The molecule has 3 heteroatoms. The Balaban J connectivity index is 2.87. The molecule has 0 N–H and O–H groups in total. The SMILES string of the molecule is COc1cc(Br)ccc1C(=O)CC#CC(C)(C)C. The highest BCUT2D eigenvalue weighted by Gasteiger charge is 2.11. The smallest absolute Gasteiger partial charge is 0.178 e. The van der Waals surface area contributed by atoms with E-state index in [4.69, 9.17) is 4.74 Å². The molecule has 0 saturated carbocycles. The molecule has 2 nitrogen and oxygen atoms in total. The molecule has 0 fully saturated rings. The number of benzene rings is 1. The number of Topliss-reactive ketones (excluding diaryl/α,β-unsaturated/α-hetero) is 1. The molecule has 0 amide bonds. The zero-order valence-corrected chi connectivity index (χ0v) is 12.7. The average Bonchev–Trinajstić information content (AvgIpc) is 2.26. The number of carbonyl (C=O) groups is 1. The Morgan fingerprint density at radius 2 is 2.06 bits per heavy atom. The first-order valence-electron chi connectivity index (χ1n) is 5.70. The zero-order chi connectivity index (χ0) is 13.8. The molecule has 1 rings (SSSR count). The van der Waals surface area contributed by atoms with Crippen molar-refractivity contribution in [3.8, 4) is 17.6 Å². The van der Waals surface area contributed by atoms with E-state index < -0.39 is 0 Å². The van der Waals surface area contributed by atoms with Gasteiger partial charge in [0.15, 0.2) is 5.78 Å². The number of hydrogen-bond acceptors (Lipinski definition) is 2. The number of rotatable bonds is 3. The van der Waals surface area contributed by atoms with Crippen LogP contribution in [0.3, 0.4) is 0 Å². The fraction of sp³-hybridized carbons (Fsp3) is 0.400. The third-order valence-electron chi connectivity index (χ3n) is 2.18. The van der Waals surface area contributed by atoms with E-state index >= 15 is 0 Å². The summed E-state index contributed by atoms with van der Waals surface area (Å²) in [5.74, 6) is 6.53. The molecule has 0 aromatic heterocycles. The van der Waals surface area contributed by atoms with Gasteiger partial charge in [-0.15, -0.1) is 0 Å². The maximum Gasteiger partial charge on any atom is 0.178 e. The summed E-state index contributed by atoms with van der Waals surface area (Å²) in [6, 6.07) is 5.36. The Hall–Kier alpha value is -1.27. The number of ketones is 1. The van der Waals surface area contributed by atoms with E-state index in [1.165, 1.54) is 0 Å². The monoisotopic (exact) mass is 308 g/mol. The lowest BCUT2D eigenvalue weighted by Gasteiger charge is -2.08. The number of halogens is 1. The predicted octanol–water partition coefficient (Wildman–Crippen LogP) is 4.08. The van der Waals surface area contributed by atoms with E-state index in [-0.39, 0.29) is 17.6 Å². The Morgan fingerprint density at radius 1 is 1.39 bits per heavy atom. The lowest BCUT2D eigenvalue weighted by molar-refractivity contribution is 0.0995. The van der Waals surface area contributed by atoms with Crippen molar-refractivity contribution in [3.05, 3.63) is 28.2 Å². The van der Waals surface area contributed by atoms with Gasteiger partial charge in [0.2, 0.25) is 0 Å². The van der Waals surface area contributed by atoms with Gasteiger partial charge >= 0.3 is 0 Å². The molecule has 1 aromatic carbocycles. The molecule has 0 bridgehead atoms. The number of carbonyl (C=O) groups excluding carboxylic acids is 1. The molecule has 0 aliphatic heterocycles. The minimum Gasteiger partial charge on any atom is -0.496 e. The van der Waals surface area contributed by atoms with E-state index in [0.29, 0.717) is 11.3 Å². The molecule has 0 unspecified atom stereocenters. The van der Waals surface area contributed by atoms with Crippen molar-refractivity contribution in [1.82, 2.24) is 0 Å². The Kier molecular flexibility index (Phi) is 4.98. The minimum absolute atomic E-state index is 0.0175. The van der Waals surface area contributed by atoms with E-state index in [9.17, 15) is 4.79 Å². The fourth-order valence-electron chi connectivity index (χ4n) is 1.38. The molecular formula is C15H17BrO2. The molecule has 0 atom stereocenters. The maximum absolute atomic E-state index is 12.0. The molecule has 0 spiro atoms. The van der Waals surface area contributed by atoms with Crippen LogP contribution in [0.4, 0.5) is 0 Å². The minimum atomic E-state index is -0.0793. The largest absolute Gasteiger partial charge is 0.496 e. The van der Waals surface area contributed by atoms with Crippen molar-refractivity contribution in [2.24, 2.45) is 5.41 Å². The molecule has 18 heavy (non-hydrogen) atoms. The molecule has 1 aromatic rings. The van der Waals surface area contributed by atoms with Gasteiger partial charge in [0.1, 0.15) is 5.75 Å². The third-order valence-corrected chi connectivity index (χ3v) is 2.67. The molecule has 0 aliphatic rings. The highest BCUT2D eigenvalue weighted by atomic mass is 79.9. The summed E-state index contributed by atoms with van der Waals surface area (Å²) in [7, 11) is 1.55. The number of hydrogen-bond donors (Lipinski definition) is 0. The number of methoxy groups -OCH3 is 1. The Labute approximate surface area is 117 Å². The predicted molar refractivity (Wildman–Crippen MR) is 76.9 cm³/mol. The van der Waals surface area contributed by atoms with Gasteiger partial charge in [-0.3, -0.25) is 4.79 Å². The molecule has 96 valence electrons. The van der Waals surface area contributed by atoms with Gasteiger partial charge in [0.25, 0.3) is 0 Å². The van der Waals surface area contributed by atoms with Crippen LogP contribution < -0.4 is 4.74 Å². The van der Waals surface area contributed by atoms with E-state index in [1.54, 1.807) is 19.2 Å². The molecule has 0 radical (unpaired) electrons. The first-order chi connectivity index (χ1) is 8.33. The Bertz CT molecular complexity index is 501. The van der Waals surface area contributed by atoms with Crippen LogP contribution in [0, 0.1) is 17.3 Å². The zero-order valence-electron chi connectivity index (χ0n) is 11.1. The van der Waals surface area contributed by atoms with Crippen LogP contribution in [-0.4, -0.2) is 12.9 Å². The summed E-state index contributed by atoms with van der Waals surface area (Å²) in [6.45, 7) is 6.06. The first-order valence-corrected chi connectivity index (χ1v) is 6.49. The lowest BCUT2D eigenvalue weighted by atomic mass is 9.97. The van der Waals surface area contributed by atoms with Crippen molar-refractivity contribution in [2.45, 2.75) is 27.2 Å². The highest BCUT2D eigenvalue weighted by Crippen LogP contribution is 2.24. The second kappa shape index (κ2) is 6.06. The standard InChI is InChI=1S/C15H17BrO2/c1-15(2,3)9-5-6-13(17)12-8-7-11(16)10-14(12)18-4/h7-8,10H,6H2,1-4H3. The summed E-state index contributed by atoms with van der Waals surface area (Å²) >= 11 is 3.35. The Morgan fingerprint density at radius 3 is 2.61 bits per heavy atom. The number of ether oxygens (including phenoxy) is 1. The van der Waals surface area contributed by atoms with Gasteiger partial charge < -0.3 is 4.74 Å². The van der Waals surface area contributed by atoms with Crippen LogP contribution in [-0.2, 0) is 0 Å². The van der Waals surface area contributed by atoms with Crippen LogP contribution in [0.2, 0.25) is 0 Å². The van der Waals surface area contributed by atoms with Gasteiger partial charge in [-0.1, -0.05) is 27.8 Å². The fourth-order valence-corrected chi connectivity index (χ4v) is 1.72. The normalized spacial score (nSPS) is 10.5. The van der Waals surface area contributed by atoms with Crippen molar-refractivity contribution in [2.75, 3.05) is 7.11 Å².